The van der Waals surface area contributed by atoms with Crippen molar-refractivity contribution < 1.29 is 34.1 Å². The quantitative estimate of drug-likeness (QED) is 0.831. The number of carboxylic acid groups (broad SMARTS) is 1. The Balaban J connectivity index is 2.03. The van der Waals surface area contributed by atoms with E-state index in [1.165, 1.54) is 11.8 Å². The van der Waals surface area contributed by atoms with Crippen LogP contribution in [0.1, 0.15) is 24.9 Å². The SMILES string of the molecule is CC(=O)C1=C(O)C(=O)N(CCC(=O)O)C1c1ccc2c(c1)OCO2. The Labute approximate surface area is 136 Å². The van der Waals surface area contributed by atoms with Crippen LogP contribution < -0.4 is 9.47 Å². The zero-order valence-corrected chi connectivity index (χ0v) is 12.8. The summed E-state index contributed by atoms with van der Waals surface area (Å²) in [5.74, 6) is -1.94. The first kappa shape index (κ1) is 15.9. The normalized spacial score (nSPS) is 19.1. The predicted octanol–water partition coefficient (Wildman–Crippen LogP) is 1.17. The Morgan fingerprint density at radius 2 is 2.00 bits per heavy atom. The molecule has 0 radical (unpaired) electrons. The number of Topliss-reactive ketones (excluding diaryl/α,β-unsaturated/α-hetero) is 1. The topological polar surface area (TPSA) is 113 Å². The molecule has 126 valence electrons. The molecule has 0 saturated heterocycles. The second-order valence-electron chi connectivity index (χ2n) is 5.48. The van der Waals surface area contributed by atoms with Crippen LogP contribution in [0.4, 0.5) is 0 Å². The first-order valence-electron chi connectivity index (χ1n) is 7.26. The second-order valence-corrected chi connectivity index (χ2v) is 5.48. The third kappa shape index (κ3) is 2.55. The molecule has 0 aromatic heterocycles. The summed E-state index contributed by atoms with van der Waals surface area (Å²) in [6, 6.07) is 4.06. The van der Waals surface area contributed by atoms with Crippen molar-refractivity contribution in [1.29, 1.82) is 0 Å². The lowest BCUT2D eigenvalue weighted by molar-refractivity contribution is -0.138. The summed E-state index contributed by atoms with van der Waals surface area (Å²) in [4.78, 5) is 36.2. The van der Waals surface area contributed by atoms with Gasteiger partial charge in [0.2, 0.25) is 6.79 Å². The maximum absolute atomic E-state index is 12.3. The highest BCUT2D eigenvalue weighted by Gasteiger charge is 2.42. The second kappa shape index (κ2) is 5.88. The van der Waals surface area contributed by atoms with Crippen LogP contribution in [-0.4, -0.2) is 46.1 Å². The van der Waals surface area contributed by atoms with Crippen LogP contribution in [-0.2, 0) is 14.4 Å². The highest BCUT2D eigenvalue weighted by atomic mass is 16.7. The average molecular weight is 333 g/mol. The van der Waals surface area contributed by atoms with E-state index >= 15 is 0 Å². The van der Waals surface area contributed by atoms with Crippen molar-refractivity contribution in [2.75, 3.05) is 13.3 Å². The summed E-state index contributed by atoms with van der Waals surface area (Å²) >= 11 is 0. The molecule has 0 bridgehead atoms. The van der Waals surface area contributed by atoms with Gasteiger partial charge in [0.25, 0.3) is 5.91 Å². The summed E-state index contributed by atoms with van der Waals surface area (Å²) < 4.78 is 10.5. The number of aliphatic hydroxyl groups is 1. The minimum absolute atomic E-state index is 0.0516. The van der Waals surface area contributed by atoms with Crippen molar-refractivity contribution >= 4 is 17.7 Å². The predicted molar refractivity (Wildman–Crippen MR) is 79.6 cm³/mol. The van der Waals surface area contributed by atoms with Gasteiger partial charge >= 0.3 is 5.97 Å². The van der Waals surface area contributed by atoms with Gasteiger partial charge in [0.15, 0.2) is 23.0 Å². The van der Waals surface area contributed by atoms with Gasteiger partial charge in [-0.15, -0.1) is 0 Å². The number of ether oxygens (including phenoxy) is 2. The largest absolute Gasteiger partial charge is 0.503 e. The van der Waals surface area contributed by atoms with Crippen LogP contribution in [0, 0.1) is 0 Å². The van der Waals surface area contributed by atoms with E-state index in [-0.39, 0.29) is 25.3 Å². The standard InChI is InChI=1S/C16H15NO7/c1-8(18)13-14(9-2-3-10-11(6-9)24-7-23-10)17(5-4-12(19)20)16(22)15(13)21/h2-3,6,14,21H,4-5,7H2,1H3,(H,19,20). The van der Waals surface area contributed by atoms with E-state index in [9.17, 15) is 19.5 Å². The molecule has 2 heterocycles. The minimum Gasteiger partial charge on any atom is -0.503 e. The van der Waals surface area contributed by atoms with E-state index in [4.69, 9.17) is 14.6 Å². The van der Waals surface area contributed by atoms with Gasteiger partial charge < -0.3 is 24.6 Å². The van der Waals surface area contributed by atoms with E-state index in [0.29, 0.717) is 17.1 Å². The lowest BCUT2D eigenvalue weighted by atomic mass is 9.96. The summed E-state index contributed by atoms with van der Waals surface area (Å²) in [6.45, 7) is 1.19. The van der Waals surface area contributed by atoms with Gasteiger partial charge in [-0.3, -0.25) is 14.4 Å². The van der Waals surface area contributed by atoms with Gasteiger partial charge in [-0.2, -0.15) is 0 Å². The number of nitrogens with zero attached hydrogens (tertiary/aromatic N) is 1. The molecule has 0 spiro atoms. The highest BCUT2D eigenvalue weighted by Crippen LogP contribution is 2.41. The molecule has 2 N–H and O–H groups in total. The maximum atomic E-state index is 12.3. The number of carbonyl (C=O) groups excluding carboxylic acids is 2. The number of carbonyl (C=O) groups is 3. The van der Waals surface area contributed by atoms with Crippen molar-refractivity contribution in [3.05, 3.63) is 35.1 Å². The van der Waals surface area contributed by atoms with Crippen molar-refractivity contribution in [1.82, 2.24) is 4.90 Å². The van der Waals surface area contributed by atoms with Crippen molar-refractivity contribution in [2.24, 2.45) is 0 Å². The van der Waals surface area contributed by atoms with Gasteiger partial charge in [0.05, 0.1) is 18.0 Å². The minimum atomic E-state index is -1.08. The summed E-state index contributed by atoms with van der Waals surface area (Å²) in [5, 5.41) is 18.9. The van der Waals surface area contributed by atoms with Crippen LogP contribution in [0.2, 0.25) is 0 Å². The zero-order valence-electron chi connectivity index (χ0n) is 12.8. The molecule has 0 aliphatic carbocycles. The van der Waals surface area contributed by atoms with Crippen molar-refractivity contribution in [2.45, 2.75) is 19.4 Å². The first-order valence-corrected chi connectivity index (χ1v) is 7.26. The Morgan fingerprint density at radius 1 is 1.29 bits per heavy atom. The third-order valence-electron chi connectivity index (χ3n) is 3.96. The lowest BCUT2D eigenvalue weighted by Gasteiger charge is -2.26. The Morgan fingerprint density at radius 3 is 2.67 bits per heavy atom. The van der Waals surface area contributed by atoms with Crippen molar-refractivity contribution in [3.63, 3.8) is 0 Å². The third-order valence-corrected chi connectivity index (χ3v) is 3.96. The molecular weight excluding hydrogens is 318 g/mol. The number of amides is 1. The summed E-state index contributed by atoms with van der Waals surface area (Å²) in [5.41, 5.74) is 0.483. The lowest BCUT2D eigenvalue weighted by Crippen LogP contribution is -2.33. The molecule has 0 fully saturated rings. The monoisotopic (exact) mass is 333 g/mol. The molecule has 1 aromatic carbocycles. The van der Waals surface area contributed by atoms with Crippen molar-refractivity contribution in [3.8, 4) is 11.5 Å². The molecule has 1 atom stereocenters. The molecule has 2 aliphatic heterocycles. The van der Waals surface area contributed by atoms with Crippen LogP contribution in [0.3, 0.4) is 0 Å². The number of rotatable bonds is 5. The molecule has 1 amide bonds. The van der Waals surface area contributed by atoms with E-state index in [0.717, 1.165) is 0 Å². The Bertz CT molecular complexity index is 768. The molecule has 8 heteroatoms. The highest BCUT2D eigenvalue weighted by molar-refractivity contribution is 6.08. The number of carboxylic acids is 1. The molecular formula is C16H15NO7. The fourth-order valence-electron chi connectivity index (χ4n) is 2.89. The molecule has 1 unspecified atom stereocenters. The van der Waals surface area contributed by atoms with E-state index in [2.05, 4.69) is 0 Å². The van der Waals surface area contributed by atoms with Gasteiger partial charge in [-0.05, 0) is 24.6 Å². The van der Waals surface area contributed by atoms with E-state index < -0.39 is 29.5 Å². The molecule has 1 aromatic rings. The maximum Gasteiger partial charge on any atom is 0.305 e. The number of hydrogen-bond acceptors (Lipinski definition) is 6. The summed E-state index contributed by atoms with van der Waals surface area (Å²) in [6.07, 6.45) is -0.300. The van der Waals surface area contributed by atoms with Gasteiger partial charge in [-0.1, -0.05) is 6.07 Å². The first-order chi connectivity index (χ1) is 11.4. The van der Waals surface area contributed by atoms with Crippen LogP contribution in [0.15, 0.2) is 29.5 Å². The smallest absolute Gasteiger partial charge is 0.305 e. The number of benzene rings is 1. The van der Waals surface area contributed by atoms with Crippen LogP contribution in [0.25, 0.3) is 0 Å². The zero-order chi connectivity index (χ0) is 17.4. The molecule has 24 heavy (non-hydrogen) atoms. The summed E-state index contributed by atoms with van der Waals surface area (Å²) in [7, 11) is 0. The van der Waals surface area contributed by atoms with E-state index in [1.807, 2.05) is 0 Å². The fraction of sp³-hybridized carbons (Fsp3) is 0.312. The van der Waals surface area contributed by atoms with Gasteiger partial charge in [0.1, 0.15) is 0 Å². The molecule has 8 nitrogen and oxygen atoms in total. The Kier molecular flexibility index (Phi) is 3.88. The van der Waals surface area contributed by atoms with Gasteiger partial charge in [0, 0.05) is 6.54 Å². The number of aliphatic carboxylic acids is 1. The fourth-order valence-corrected chi connectivity index (χ4v) is 2.89. The van der Waals surface area contributed by atoms with E-state index in [1.54, 1.807) is 18.2 Å². The molecule has 3 rings (SSSR count). The van der Waals surface area contributed by atoms with Crippen LogP contribution >= 0.6 is 0 Å². The molecule has 2 aliphatic rings. The van der Waals surface area contributed by atoms with Gasteiger partial charge in [-0.25, -0.2) is 0 Å². The number of fused-ring (bicyclic) bond motifs is 1. The Hall–Kier alpha value is -3.03. The number of ketones is 1. The average Bonchev–Trinajstić information content (AvgIpc) is 3.08. The number of aliphatic hydroxyl groups excluding tert-OH is 1. The van der Waals surface area contributed by atoms with Crippen LogP contribution in [0.5, 0.6) is 11.5 Å². The molecule has 0 saturated carbocycles. The number of hydrogen-bond donors (Lipinski definition) is 2.